The van der Waals surface area contributed by atoms with E-state index in [0.717, 1.165) is 24.6 Å². The smallest absolute Gasteiger partial charge is 0.327 e. The zero-order valence-corrected chi connectivity index (χ0v) is 15.6. The zero-order chi connectivity index (χ0) is 18.1. The Hall–Kier alpha value is -1.02. The van der Waals surface area contributed by atoms with E-state index in [4.69, 9.17) is 17.3 Å². The standard InChI is InChI=1S/C16H21ClF3N3O.ClH/c1-15(2)9-23(6-5-13(15)21)8-14(24)22-12-7-10(16(18,19)20)3-4-11(12)17;/h3-4,7,13H,5-6,8-9,21H2,1-2H3,(H,22,24);1H. The number of nitrogens with two attached hydrogens (primary N) is 1. The van der Waals surface area contributed by atoms with Gasteiger partial charge in [-0.25, -0.2) is 0 Å². The molecule has 1 saturated heterocycles. The first kappa shape index (κ1) is 22.0. The van der Waals surface area contributed by atoms with Gasteiger partial charge in [0.25, 0.3) is 0 Å². The number of nitrogens with one attached hydrogen (secondary N) is 1. The van der Waals surface area contributed by atoms with Crippen molar-refractivity contribution in [2.75, 3.05) is 25.0 Å². The summed E-state index contributed by atoms with van der Waals surface area (Å²) in [5.41, 5.74) is 5.04. The van der Waals surface area contributed by atoms with Gasteiger partial charge in [-0.05, 0) is 30.0 Å². The fraction of sp³-hybridized carbons (Fsp3) is 0.562. The molecule has 25 heavy (non-hydrogen) atoms. The molecule has 0 aliphatic carbocycles. The molecule has 0 bridgehead atoms. The van der Waals surface area contributed by atoms with Gasteiger partial charge in [0.2, 0.25) is 5.91 Å². The minimum absolute atomic E-state index is 0. The zero-order valence-electron chi connectivity index (χ0n) is 14.0. The number of benzene rings is 1. The van der Waals surface area contributed by atoms with E-state index in [1.807, 2.05) is 18.7 Å². The summed E-state index contributed by atoms with van der Waals surface area (Å²) in [4.78, 5) is 14.1. The Labute approximate surface area is 156 Å². The lowest BCUT2D eigenvalue weighted by Crippen LogP contribution is -2.53. The van der Waals surface area contributed by atoms with E-state index in [1.54, 1.807) is 0 Å². The molecular weight excluding hydrogens is 378 g/mol. The van der Waals surface area contributed by atoms with Crippen molar-refractivity contribution in [1.29, 1.82) is 0 Å². The summed E-state index contributed by atoms with van der Waals surface area (Å²) in [6.07, 6.45) is -3.72. The maximum Gasteiger partial charge on any atom is 0.416 e. The van der Waals surface area contributed by atoms with E-state index in [0.29, 0.717) is 13.1 Å². The highest BCUT2D eigenvalue weighted by molar-refractivity contribution is 6.33. The molecular formula is C16H22Cl2F3N3O. The summed E-state index contributed by atoms with van der Waals surface area (Å²) >= 11 is 5.89. The third-order valence-corrected chi connectivity index (χ3v) is 4.66. The van der Waals surface area contributed by atoms with Crippen LogP contribution in [0.4, 0.5) is 18.9 Å². The molecule has 142 valence electrons. The van der Waals surface area contributed by atoms with Crippen LogP contribution >= 0.6 is 24.0 Å². The molecule has 1 fully saturated rings. The minimum atomic E-state index is -4.49. The largest absolute Gasteiger partial charge is 0.416 e. The predicted octanol–water partition coefficient (Wildman–Crippen LogP) is 3.78. The van der Waals surface area contributed by atoms with Crippen molar-refractivity contribution in [3.8, 4) is 0 Å². The van der Waals surface area contributed by atoms with E-state index in [9.17, 15) is 18.0 Å². The summed E-state index contributed by atoms with van der Waals surface area (Å²) in [6, 6.07) is 2.92. The molecule has 1 atom stereocenters. The average molecular weight is 400 g/mol. The highest BCUT2D eigenvalue weighted by atomic mass is 35.5. The van der Waals surface area contributed by atoms with Crippen LogP contribution in [-0.2, 0) is 11.0 Å². The number of hydrogen-bond donors (Lipinski definition) is 2. The molecule has 0 aromatic heterocycles. The van der Waals surface area contributed by atoms with Gasteiger partial charge >= 0.3 is 6.18 Å². The van der Waals surface area contributed by atoms with Gasteiger partial charge in [0, 0.05) is 19.1 Å². The number of hydrogen-bond acceptors (Lipinski definition) is 3. The Kier molecular flexibility index (Phi) is 7.15. The summed E-state index contributed by atoms with van der Waals surface area (Å²) in [7, 11) is 0. The van der Waals surface area contributed by atoms with Crippen molar-refractivity contribution >= 4 is 35.6 Å². The molecule has 1 heterocycles. The summed E-state index contributed by atoms with van der Waals surface area (Å²) in [6.45, 7) is 5.48. The number of alkyl halides is 3. The number of nitrogens with zero attached hydrogens (tertiary/aromatic N) is 1. The molecule has 1 unspecified atom stereocenters. The van der Waals surface area contributed by atoms with Crippen molar-refractivity contribution in [3.63, 3.8) is 0 Å². The lowest BCUT2D eigenvalue weighted by atomic mass is 9.80. The maximum absolute atomic E-state index is 12.8. The Morgan fingerprint density at radius 1 is 1.44 bits per heavy atom. The number of carbonyl (C=O) groups is 1. The highest BCUT2D eigenvalue weighted by Gasteiger charge is 2.34. The van der Waals surface area contributed by atoms with Gasteiger partial charge in [-0.1, -0.05) is 25.4 Å². The Morgan fingerprint density at radius 2 is 2.08 bits per heavy atom. The molecule has 0 saturated carbocycles. The Balaban J connectivity index is 0.00000312. The van der Waals surface area contributed by atoms with Crippen LogP contribution in [0.25, 0.3) is 0 Å². The highest BCUT2D eigenvalue weighted by Crippen LogP contribution is 2.34. The van der Waals surface area contributed by atoms with Crippen LogP contribution in [0.1, 0.15) is 25.8 Å². The van der Waals surface area contributed by atoms with E-state index >= 15 is 0 Å². The van der Waals surface area contributed by atoms with Crippen molar-refractivity contribution in [3.05, 3.63) is 28.8 Å². The van der Waals surface area contributed by atoms with Gasteiger partial charge in [-0.3, -0.25) is 9.69 Å². The van der Waals surface area contributed by atoms with Crippen LogP contribution in [0.5, 0.6) is 0 Å². The second-order valence-corrected chi connectivity index (χ2v) is 7.24. The molecule has 1 amide bonds. The van der Waals surface area contributed by atoms with Gasteiger partial charge in [0.05, 0.1) is 22.8 Å². The normalized spacial score (nSPS) is 20.7. The van der Waals surface area contributed by atoms with Crippen LogP contribution < -0.4 is 11.1 Å². The number of rotatable bonds is 3. The first-order valence-corrected chi connectivity index (χ1v) is 8.01. The molecule has 0 spiro atoms. The summed E-state index contributed by atoms with van der Waals surface area (Å²) in [5, 5.41) is 2.53. The second kappa shape index (κ2) is 8.12. The Bertz CT molecular complexity index is 623. The average Bonchev–Trinajstić information content (AvgIpc) is 2.43. The first-order chi connectivity index (χ1) is 11.0. The van der Waals surface area contributed by atoms with Crippen molar-refractivity contribution in [1.82, 2.24) is 4.90 Å². The SMILES string of the molecule is CC1(C)CN(CC(=O)Nc2cc(C(F)(F)F)ccc2Cl)CCC1N.Cl. The van der Waals surface area contributed by atoms with Crippen molar-refractivity contribution in [2.45, 2.75) is 32.5 Å². The van der Waals surface area contributed by atoms with Gasteiger partial charge in [-0.15, -0.1) is 12.4 Å². The lowest BCUT2D eigenvalue weighted by Gasteiger charge is -2.42. The topological polar surface area (TPSA) is 58.4 Å². The fourth-order valence-electron chi connectivity index (χ4n) is 2.81. The van der Waals surface area contributed by atoms with E-state index in [2.05, 4.69) is 5.32 Å². The number of halogens is 5. The molecule has 4 nitrogen and oxygen atoms in total. The monoisotopic (exact) mass is 399 g/mol. The van der Waals surface area contributed by atoms with Gasteiger partial charge in [0.15, 0.2) is 0 Å². The van der Waals surface area contributed by atoms with E-state index < -0.39 is 17.6 Å². The third-order valence-electron chi connectivity index (χ3n) is 4.33. The summed E-state index contributed by atoms with van der Waals surface area (Å²) in [5.74, 6) is -0.400. The molecule has 0 radical (unpaired) electrons. The van der Waals surface area contributed by atoms with Gasteiger partial charge < -0.3 is 11.1 Å². The third kappa shape index (κ3) is 5.74. The van der Waals surface area contributed by atoms with E-state index in [-0.39, 0.29) is 41.1 Å². The van der Waals surface area contributed by atoms with Crippen LogP contribution in [-0.4, -0.2) is 36.5 Å². The molecule has 3 N–H and O–H groups in total. The predicted molar refractivity (Wildman–Crippen MR) is 95.1 cm³/mol. The minimum Gasteiger partial charge on any atom is -0.327 e. The maximum atomic E-state index is 12.8. The first-order valence-electron chi connectivity index (χ1n) is 7.63. The van der Waals surface area contributed by atoms with Crippen LogP contribution in [0, 0.1) is 5.41 Å². The molecule has 2 rings (SSSR count). The van der Waals surface area contributed by atoms with Crippen LogP contribution in [0.2, 0.25) is 5.02 Å². The molecule has 1 aromatic rings. The second-order valence-electron chi connectivity index (χ2n) is 6.83. The molecule has 1 aliphatic rings. The van der Waals surface area contributed by atoms with Crippen molar-refractivity contribution in [2.24, 2.45) is 11.1 Å². The fourth-order valence-corrected chi connectivity index (χ4v) is 2.97. The van der Waals surface area contributed by atoms with Gasteiger partial charge in [0.1, 0.15) is 0 Å². The molecule has 1 aromatic carbocycles. The number of likely N-dealkylation sites (tertiary alicyclic amines) is 1. The van der Waals surface area contributed by atoms with E-state index in [1.165, 1.54) is 0 Å². The van der Waals surface area contributed by atoms with Crippen LogP contribution in [0.3, 0.4) is 0 Å². The van der Waals surface area contributed by atoms with Crippen molar-refractivity contribution < 1.29 is 18.0 Å². The lowest BCUT2D eigenvalue weighted by molar-refractivity contribution is -0.137. The van der Waals surface area contributed by atoms with Gasteiger partial charge in [-0.2, -0.15) is 13.2 Å². The number of carbonyl (C=O) groups excluding carboxylic acids is 1. The Morgan fingerprint density at radius 3 is 2.64 bits per heavy atom. The number of amides is 1. The summed E-state index contributed by atoms with van der Waals surface area (Å²) < 4.78 is 38.3. The number of piperidine rings is 1. The quantitative estimate of drug-likeness (QED) is 0.812. The molecule has 1 aliphatic heterocycles. The van der Waals surface area contributed by atoms with Crippen LogP contribution in [0.15, 0.2) is 18.2 Å². The number of anilines is 1. The molecule has 9 heteroatoms.